The molecule has 0 unspecified atom stereocenters. The zero-order valence-corrected chi connectivity index (χ0v) is 9.12. The maximum absolute atomic E-state index is 2.28. The number of fused-ring (bicyclic) bond motifs is 1. The molecule has 0 fully saturated rings. The van der Waals surface area contributed by atoms with Gasteiger partial charge in [-0.3, -0.25) is 0 Å². The minimum absolute atomic E-state index is 1.31. The van der Waals surface area contributed by atoms with E-state index in [-0.39, 0.29) is 0 Å². The number of benzene rings is 1. The van der Waals surface area contributed by atoms with Crippen molar-refractivity contribution in [2.45, 2.75) is 47.0 Å². The quantitative estimate of drug-likeness (QED) is 0.565. The molecule has 1 aromatic rings. The second-order valence-corrected chi connectivity index (χ2v) is 4.31. The van der Waals surface area contributed by atoms with Gasteiger partial charge in [0.1, 0.15) is 0 Å². The van der Waals surface area contributed by atoms with Crippen LogP contribution in [-0.2, 0) is 12.8 Å². The summed E-state index contributed by atoms with van der Waals surface area (Å²) in [5, 5.41) is 0. The van der Waals surface area contributed by atoms with Gasteiger partial charge in [0.2, 0.25) is 0 Å². The van der Waals surface area contributed by atoms with Crippen molar-refractivity contribution in [3.8, 4) is 0 Å². The first-order valence-corrected chi connectivity index (χ1v) is 5.21. The molecule has 0 spiro atoms. The lowest BCUT2D eigenvalue weighted by molar-refractivity contribution is 0.907. The molecular formula is C13H18. The average Bonchev–Trinajstić information content (AvgIpc) is 2.59. The Balaban J connectivity index is 2.77. The van der Waals surface area contributed by atoms with Crippen molar-refractivity contribution >= 4 is 0 Å². The number of rotatable bonds is 0. The zero-order valence-electron chi connectivity index (χ0n) is 9.12. The van der Waals surface area contributed by atoms with E-state index < -0.39 is 0 Å². The second-order valence-electron chi connectivity index (χ2n) is 4.31. The van der Waals surface area contributed by atoms with Crippen LogP contribution in [0.2, 0.25) is 0 Å². The molecule has 2 rings (SSSR count). The molecule has 0 bridgehead atoms. The van der Waals surface area contributed by atoms with Gasteiger partial charge < -0.3 is 0 Å². The fraction of sp³-hybridized carbons (Fsp3) is 0.538. The van der Waals surface area contributed by atoms with Gasteiger partial charge >= 0.3 is 0 Å². The molecule has 0 aliphatic heterocycles. The Hall–Kier alpha value is -0.780. The molecular weight excluding hydrogens is 156 g/mol. The molecule has 0 saturated carbocycles. The summed E-state index contributed by atoms with van der Waals surface area (Å²) in [5.74, 6) is 0. The van der Waals surface area contributed by atoms with Gasteiger partial charge in [-0.1, -0.05) is 0 Å². The van der Waals surface area contributed by atoms with Crippen LogP contribution in [0, 0.1) is 27.7 Å². The zero-order chi connectivity index (χ0) is 9.59. The third-order valence-corrected chi connectivity index (χ3v) is 3.81. The molecule has 0 heteroatoms. The van der Waals surface area contributed by atoms with Gasteiger partial charge in [0.05, 0.1) is 0 Å². The van der Waals surface area contributed by atoms with Gasteiger partial charge in [-0.05, 0) is 80.3 Å². The molecule has 0 atom stereocenters. The Bertz CT molecular complexity index is 324. The average molecular weight is 174 g/mol. The molecule has 1 aliphatic carbocycles. The molecule has 0 radical (unpaired) electrons. The molecule has 0 amide bonds. The highest BCUT2D eigenvalue weighted by Crippen LogP contribution is 2.32. The summed E-state index contributed by atoms with van der Waals surface area (Å²) in [6.45, 7) is 9.09. The lowest BCUT2D eigenvalue weighted by Gasteiger charge is -2.15. The first-order valence-electron chi connectivity index (χ1n) is 5.21. The van der Waals surface area contributed by atoms with Crippen molar-refractivity contribution in [1.82, 2.24) is 0 Å². The van der Waals surface area contributed by atoms with E-state index in [1.807, 2.05) is 0 Å². The van der Waals surface area contributed by atoms with E-state index in [1.54, 1.807) is 22.3 Å². The van der Waals surface area contributed by atoms with E-state index in [0.717, 1.165) is 0 Å². The van der Waals surface area contributed by atoms with Gasteiger partial charge in [0, 0.05) is 0 Å². The predicted octanol–water partition coefficient (Wildman–Crippen LogP) is 3.41. The summed E-state index contributed by atoms with van der Waals surface area (Å²) in [6, 6.07) is 0. The molecule has 0 nitrogen and oxygen atoms in total. The largest absolute Gasteiger partial charge is 0.0451 e. The van der Waals surface area contributed by atoms with Crippen LogP contribution in [-0.4, -0.2) is 0 Å². The van der Waals surface area contributed by atoms with Crippen LogP contribution in [0.3, 0.4) is 0 Å². The Morgan fingerprint density at radius 3 is 1.38 bits per heavy atom. The molecule has 1 aromatic carbocycles. The summed E-state index contributed by atoms with van der Waals surface area (Å²) in [4.78, 5) is 0. The number of hydrogen-bond donors (Lipinski definition) is 0. The molecule has 0 heterocycles. The summed E-state index contributed by atoms with van der Waals surface area (Å²) in [6.07, 6.45) is 3.98. The third kappa shape index (κ3) is 1.12. The van der Waals surface area contributed by atoms with Gasteiger partial charge in [-0.25, -0.2) is 0 Å². The standard InChI is InChI=1S/C13H18/c1-8-9(2)11(4)13-7-5-6-12(13)10(8)3/h5-7H2,1-4H3. The van der Waals surface area contributed by atoms with E-state index in [9.17, 15) is 0 Å². The molecule has 0 aromatic heterocycles. The van der Waals surface area contributed by atoms with Crippen molar-refractivity contribution in [3.05, 3.63) is 33.4 Å². The van der Waals surface area contributed by atoms with Crippen LogP contribution in [0.15, 0.2) is 0 Å². The van der Waals surface area contributed by atoms with Crippen LogP contribution in [0.4, 0.5) is 0 Å². The molecule has 0 N–H and O–H groups in total. The monoisotopic (exact) mass is 174 g/mol. The van der Waals surface area contributed by atoms with Crippen LogP contribution in [0.5, 0.6) is 0 Å². The van der Waals surface area contributed by atoms with Crippen LogP contribution < -0.4 is 0 Å². The maximum Gasteiger partial charge on any atom is -0.0270 e. The van der Waals surface area contributed by atoms with E-state index in [1.165, 1.54) is 30.4 Å². The maximum atomic E-state index is 2.28. The van der Waals surface area contributed by atoms with Crippen molar-refractivity contribution < 1.29 is 0 Å². The Labute approximate surface area is 81.0 Å². The fourth-order valence-electron chi connectivity index (χ4n) is 2.59. The fourth-order valence-corrected chi connectivity index (χ4v) is 2.59. The van der Waals surface area contributed by atoms with E-state index in [0.29, 0.717) is 0 Å². The Morgan fingerprint density at radius 1 is 0.615 bits per heavy atom. The van der Waals surface area contributed by atoms with E-state index in [2.05, 4.69) is 27.7 Å². The van der Waals surface area contributed by atoms with Crippen molar-refractivity contribution in [2.75, 3.05) is 0 Å². The predicted molar refractivity (Wildman–Crippen MR) is 57.4 cm³/mol. The molecule has 0 saturated heterocycles. The SMILES string of the molecule is Cc1c(C)c(C)c2c(c1C)CCC2. The highest BCUT2D eigenvalue weighted by molar-refractivity contribution is 5.51. The van der Waals surface area contributed by atoms with Gasteiger partial charge in [0.25, 0.3) is 0 Å². The van der Waals surface area contributed by atoms with Crippen molar-refractivity contribution in [1.29, 1.82) is 0 Å². The first-order chi connectivity index (χ1) is 6.13. The van der Waals surface area contributed by atoms with E-state index in [4.69, 9.17) is 0 Å². The molecule has 1 aliphatic rings. The van der Waals surface area contributed by atoms with Gasteiger partial charge in [-0.15, -0.1) is 0 Å². The Morgan fingerprint density at radius 2 is 1.00 bits per heavy atom. The summed E-state index contributed by atoms with van der Waals surface area (Å²) in [7, 11) is 0. The van der Waals surface area contributed by atoms with Crippen molar-refractivity contribution in [2.24, 2.45) is 0 Å². The summed E-state index contributed by atoms with van der Waals surface area (Å²) >= 11 is 0. The van der Waals surface area contributed by atoms with Crippen molar-refractivity contribution in [3.63, 3.8) is 0 Å². The Kier molecular flexibility index (Phi) is 1.94. The minimum Gasteiger partial charge on any atom is -0.0451 e. The lowest BCUT2D eigenvalue weighted by atomic mass is 9.90. The topological polar surface area (TPSA) is 0 Å². The van der Waals surface area contributed by atoms with Crippen LogP contribution >= 0.6 is 0 Å². The smallest absolute Gasteiger partial charge is 0.0270 e. The molecule has 70 valence electrons. The normalized spacial score (nSPS) is 14.8. The second kappa shape index (κ2) is 2.87. The minimum atomic E-state index is 1.31. The van der Waals surface area contributed by atoms with Crippen LogP contribution in [0.25, 0.3) is 0 Å². The van der Waals surface area contributed by atoms with Gasteiger partial charge in [0.15, 0.2) is 0 Å². The highest BCUT2D eigenvalue weighted by atomic mass is 14.2. The third-order valence-electron chi connectivity index (χ3n) is 3.81. The first kappa shape index (κ1) is 8.80. The summed E-state index contributed by atoms with van der Waals surface area (Å²) < 4.78 is 0. The number of hydrogen-bond acceptors (Lipinski definition) is 0. The van der Waals surface area contributed by atoms with E-state index >= 15 is 0 Å². The van der Waals surface area contributed by atoms with Crippen LogP contribution in [0.1, 0.15) is 39.8 Å². The highest BCUT2D eigenvalue weighted by Gasteiger charge is 2.18. The molecule has 13 heavy (non-hydrogen) atoms. The lowest BCUT2D eigenvalue weighted by Crippen LogP contribution is -1.99. The summed E-state index contributed by atoms with van der Waals surface area (Å²) in [5.41, 5.74) is 9.43. The van der Waals surface area contributed by atoms with Gasteiger partial charge in [-0.2, -0.15) is 0 Å².